The summed E-state index contributed by atoms with van der Waals surface area (Å²) in [6, 6.07) is 9.97. The molecule has 4 nitrogen and oxygen atoms in total. The number of nitrogens with one attached hydrogen (secondary N) is 2. The molecule has 1 aromatic carbocycles. The van der Waals surface area contributed by atoms with Gasteiger partial charge in [0.05, 0.1) is 0 Å². The van der Waals surface area contributed by atoms with Gasteiger partial charge in [0.1, 0.15) is 5.82 Å². The van der Waals surface area contributed by atoms with E-state index in [4.69, 9.17) is 0 Å². The smallest absolute Gasteiger partial charge is 0.315 e. The lowest BCUT2D eigenvalue weighted by atomic mass is 10.1. The molecule has 2 rings (SSSR count). The minimum Gasteiger partial charge on any atom is -0.338 e. The zero-order valence-corrected chi connectivity index (χ0v) is 11.0. The number of urea groups is 1. The van der Waals surface area contributed by atoms with Gasteiger partial charge in [-0.25, -0.2) is 9.18 Å². The molecule has 0 saturated carbocycles. The van der Waals surface area contributed by atoms with Crippen molar-refractivity contribution in [3.63, 3.8) is 0 Å². The third-order valence-corrected chi connectivity index (χ3v) is 2.81. The number of benzene rings is 1. The maximum Gasteiger partial charge on any atom is 0.315 e. The highest BCUT2D eigenvalue weighted by molar-refractivity contribution is 5.73. The Bertz CT molecular complexity index is 560. The first-order valence-corrected chi connectivity index (χ1v) is 6.40. The van der Waals surface area contributed by atoms with Gasteiger partial charge in [0.25, 0.3) is 0 Å². The largest absolute Gasteiger partial charge is 0.338 e. The zero-order valence-electron chi connectivity index (χ0n) is 11.0. The molecular weight excluding hydrogens is 257 g/mol. The lowest BCUT2D eigenvalue weighted by molar-refractivity contribution is 0.240. The molecule has 0 aliphatic rings. The number of carbonyl (C=O) groups is 1. The van der Waals surface area contributed by atoms with E-state index < -0.39 is 0 Å². The molecule has 0 atom stereocenters. The molecule has 1 aromatic heterocycles. The molecule has 2 N–H and O–H groups in total. The predicted octanol–water partition coefficient (Wildman–Crippen LogP) is 2.26. The lowest BCUT2D eigenvalue weighted by Crippen LogP contribution is -2.36. The summed E-state index contributed by atoms with van der Waals surface area (Å²) < 4.78 is 13.3. The van der Waals surface area contributed by atoms with Crippen molar-refractivity contribution in [2.75, 3.05) is 6.54 Å². The SMILES string of the molecule is O=C(NCCc1ccccc1F)NCc1cccnc1. The normalized spacial score (nSPS) is 10.1. The van der Waals surface area contributed by atoms with Crippen LogP contribution >= 0.6 is 0 Å². The summed E-state index contributed by atoms with van der Waals surface area (Å²) in [7, 11) is 0. The molecule has 104 valence electrons. The number of pyridine rings is 1. The maximum absolute atomic E-state index is 13.3. The van der Waals surface area contributed by atoms with Gasteiger partial charge in [0, 0.05) is 25.5 Å². The average molecular weight is 273 g/mol. The van der Waals surface area contributed by atoms with Crippen LogP contribution in [0.1, 0.15) is 11.1 Å². The Morgan fingerprint density at radius 3 is 2.75 bits per heavy atom. The van der Waals surface area contributed by atoms with Gasteiger partial charge in [-0.15, -0.1) is 0 Å². The molecule has 0 saturated heterocycles. The summed E-state index contributed by atoms with van der Waals surface area (Å²) in [4.78, 5) is 15.5. The fraction of sp³-hybridized carbons (Fsp3) is 0.200. The average Bonchev–Trinajstić information content (AvgIpc) is 2.48. The van der Waals surface area contributed by atoms with Gasteiger partial charge in [-0.05, 0) is 29.7 Å². The maximum atomic E-state index is 13.3. The Morgan fingerprint density at radius 2 is 2.00 bits per heavy atom. The van der Waals surface area contributed by atoms with Crippen LogP contribution in [0.3, 0.4) is 0 Å². The monoisotopic (exact) mass is 273 g/mol. The third-order valence-electron chi connectivity index (χ3n) is 2.81. The van der Waals surface area contributed by atoms with Gasteiger partial charge < -0.3 is 10.6 Å². The molecule has 2 amide bonds. The molecule has 5 heteroatoms. The van der Waals surface area contributed by atoms with Crippen LogP contribution < -0.4 is 10.6 Å². The predicted molar refractivity (Wildman–Crippen MR) is 74.6 cm³/mol. The van der Waals surface area contributed by atoms with Crippen LogP contribution in [-0.2, 0) is 13.0 Å². The van der Waals surface area contributed by atoms with Gasteiger partial charge in [0.2, 0.25) is 0 Å². The van der Waals surface area contributed by atoms with Gasteiger partial charge in [-0.3, -0.25) is 4.98 Å². The second kappa shape index (κ2) is 7.23. The highest BCUT2D eigenvalue weighted by atomic mass is 19.1. The number of hydrogen-bond donors (Lipinski definition) is 2. The molecular formula is C15H16FN3O. The summed E-state index contributed by atoms with van der Waals surface area (Å²) in [6.07, 6.45) is 3.84. The van der Waals surface area contributed by atoms with E-state index in [1.54, 1.807) is 30.6 Å². The van der Waals surface area contributed by atoms with E-state index in [9.17, 15) is 9.18 Å². The highest BCUT2D eigenvalue weighted by Crippen LogP contribution is 2.06. The Morgan fingerprint density at radius 1 is 1.15 bits per heavy atom. The molecule has 2 aromatic rings. The van der Waals surface area contributed by atoms with Crippen molar-refractivity contribution in [3.05, 3.63) is 65.7 Å². The third kappa shape index (κ3) is 4.35. The van der Waals surface area contributed by atoms with Crippen molar-refractivity contribution in [1.29, 1.82) is 0 Å². The number of halogens is 1. The second-order valence-electron chi connectivity index (χ2n) is 4.31. The second-order valence-corrected chi connectivity index (χ2v) is 4.31. The quantitative estimate of drug-likeness (QED) is 0.878. The van der Waals surface area contributed by atoms with Gasteiger partial charge in [-0.1, -0.05) is 24.3 Å². The molecule has 20 heavy (non-hydrogen) atoms. The van der Waals surface area contributed by atoms with Crippen LogP contribution in [0, 0.1) is 5.82 Å². The number of carbonyl (C=O) groups excluding carboxylic acids is 1. The Balaban J connectivity index is 1.69. The Hall–Kier alpha value is -2.43. The Kier molecular flexibility index (Phi) is 5.06. The Labute approximate surface area is 117 Å². The van der Waals surface area contributed by atoms with Crippen LogP contribution in [0.15, 0.2) is 48.8 Å². The summed E-state index contributed by atoms with van der Waals surface area (Å²) in [5.41, 5.74) is 1.52. The van der Waals surface area contributed by atoms with Crippen molar-refractivity contribution in [1.82, 2.24) is 15.6 Å². The zero-order chi connectivity index (χ0) is 14.2. The number of nitrogens with zero attached hydrogens (tertiary/aromatic N) is 1. The summed E-state index contributed by atoms with van der Waals surface area (Å²) in [5, 5.41) is 5.41. The van der Waals surface area contributed by atoms with E-state index in [-0.39, 0.29) is 11.8 Å². The fourth-order valence-corrected chi connectivity index (χ4v) is 1.76. The molecule has 0 fully saturated rings. The molecule has 0 bridgehead atoms. The highest BCUT2D eigenvalue weighted by Gasteiger charge is 2.03. The van der Waals surface area contributed by atoms with Crippen molar-refractivity contribution in [2.24, 2.45) is 0 Å². The van der Waals surface area contributed by atoms with Crippen LogP contribution in [0.25, 0.3) is 0 Å². The molecule has 1 heterocycles. The van der Waals surface area contributed by atoms with E-state index in [1.165, 1.54) is 6.07 Å². The molecule has 0 aliphatic carbocycles. The topological polar surface area (TPSA) is 54.0 Å². The molecule has 0 unspecified atom stereocenters. The van der Waals surface area contributed by atoms with Crippen LogP contribution in [0.2, 0.25) is 0 Å². The summed E-state index contributed by atoms with van der Waals surface area (Å²) >= 11 is 0. The van der Waals surface area contributed by atoms with Crippen molar-refractivity contribution < 1.29 is 9.18 Å². The van der Waals surface area contributed by atoms with Crippen molar-refractivity contribution in [3.8, 4) is 0 Å². The van der Waals surface area contributed by atoms with Gasteiger partial charge in [-0.2, -0.15) is 0 Å². The number of hydrogen-bond acceptors (Lipinski definition) is 2. The van der Waals surface area contributed by atoms with E-state index >= 15 is 0 Å². The van der Waals surface area contributed by atoms with E-state index in [1.807, 2.05) is 12.1 Å². The molecule has 0 spiro atoms. The summed E-state index contributed by atoms with van der Waals surface area (Å²) in [6.45, 7) is 0.805. The standard InChI is InChI=1S/C15H16FN3O/c16-14-6-2-1-5-13(14)7-9-18-15(20)19-11-12-4-3-8-17-10-12/h1-6,8,10H,7,9,11H2,(H2,18,19,20). The van der Waals surface area contributed by atoms with Crippen LogP contribution in [0.4, 0.5) is 9.18 Å². The minimum absolute atomic E-state index is 0.245. The van der Waals surface area contributed by atoms with Crippen LogP contribution in [0.5, 0.6) is 0 Å². The van der Waals surface area contributed by atoms with E-state index in [0.29, 0.717) is 25.1 Å². The van der Waals surface area contributed by atoms with E-state index in [2.05, 4.69) is 15.6 Å². The van der Waals surface area contributed by atoms with Crippen molar-refractivity contribution in [2.45, 2.75) is 13.0 Å². The van der Waals surface area contributed by atoms with Crippen LogP contribution in [-0.4, -0.2) is 17.6 Å². The minimum atomic E-state index is -0.273. The summed E-state index contributed by atoms with van der Waals surface area (Å²) in [5.74, 6) is -0.245. The lowest BCUT2D eigenvalue weighted by Gasteiger charge is -2.08. The van der Waals surface area contributed by atoms with Gasteiger partial charge in [0.15, 0.2) is 0 Å². The molecule has 0 aliphatic heterocycles. The number of amides is 2. The fourth-order valence-electron chi connectivity index (χ4n) is 1.76. The van der Waals surface area contributed by atoms with Gasteiger partial charge >= 0.3 is 6.03 Å². The first-order valence-electron chi connectivity index (χ1n) is 6.40. The number of rotatable bonds is 5. The first-order chi connectivity index (χ1) is 9.75. The number of aromatic nitrogens is 1. The van der Waals surface area contributed by atoms with E-state index in [0.717, 1.165) is 5.56 Å². The van der Waals surface area contributed by atoms with Crippen molar-refractivity contribution >= 4 is 6.03 Å². The molecule has 0 radical (unpaired) electrons. The first kappa shape index (κ1) is 14.0.